The van der Waals surface area contributed by atoms with Gasteiger partial charge in [0, 0.05) is 34.8 Å². The number of rotatable bonds is 2. The third-order valence-electron chi connectivity index (χ3n) is 5.24. The van der Waals surface area contributed by atoms with E-state index in [-0.39, 0.29) is 21.6 Å². The average molecular weight is 417 g/mol. The van der Waals surface area contributed by atoms with Crippen LogP contribution in [0.5, 0.6) is 0 Å². The number of thioether (sulfide) groups is 1. The molecule has 0 spiro atoms. The molecular weight excluding hydrogens is 392 g/mol. The lowest BCUT2D eigenvalue weighted by Gasteiger charge is -2.39. The number of hydrogen-bond acceptors (Lipinski definition) is 4. The smallest absolute Gasteiger partial charge is 0.264 e. The Labute approximate surface area is 170 Å². The summed E-state index contributed by atoms with van der Waals surface area (Å²) in [6, 6.07) is 12.8. The molecule has 2 aromatic carbocycles. The van der Waals surface area contributed by atoms with Crippen LogP contribution >= 0.6 is 11.8 Å². The van der Waals surface area contributed by atoms with E-state index in [1.807, 2.05) is 31.2 Å². The summed E-state index contributed by atoms with van der Waals surface area (Å²) in [4.78, 5) is 14.9. The molecule has 1 unspecified atom stereocenters. The van der Waals surface area contributed by atoms with Crippen molar-refractivity contribution in [1.29, 1.82) is 0 Å². The van der Waals surface area contributed by atoms with E-state index >= 15 is 0 Å². The Morgan fingerprint density at radius 2 is 1.86 bits per heavy atom. The molecule has 2 aromatic rings. The highest BCUT2D eigenvalue weighted by atomic mass is 32.2. The van der Waals surface area contributed by atoms with Crippen LogP contribution < -0.4 is 9.21 Å². The minimum Gasteiger partial charge on any atom is -0.309 e. The maximum absolute atomic E-state index is 13.6. The van der Waals surface area contributed by atoms with E-state index in [0.717, 1.165) is 21.8 Å². The first-order chi connectivity index (χ1) is 13.1. The molecule has 0 saturated carbocycles. The van der Waals surface area contributed by atoms with Gasteiger partial charge >= 0.3 is 0 Å². The Balaban J connectivity index is 1.78. The van der Waals surface area contributed by atoms with Crippen molar-refractivity contribution in [3.63, 3.8) is 0 Å². The quantitative estimate of drug-likeness (QED) is 0.741. The molecule has 0 radical (unpaired) electrons. The fraction of sp³-hybridized carbons (Fsp3) is 0.381. The van der Waals surface area contributed by atoms with Crippen molar-refractivity contribution in [3.05, 3.63) is 48.0 Å². The van der Waals surface area contributed by atoms with Crippen LogP contribution in [-0.4, -0.2) is 31.7 Å². The third kappa shape index (κ3) is 3.10. The molecule has 28 heavy (non-hydrogen) atoms. The van der Waals surface area contributed by atoms with Crippen LogP contribution in [0, 0.1) is 0 Å². The van der Waals surface area contributed by atoms with E-state index < -0.39 is 10.0 Å². The lowest BCUT2D eigenvalue weighted by Crippen LogP contribution is -2.43. The minimum atomic E-state index is -3.71. The van der Waals surface area contributed by atoms with Crippen molar-refractivity contribution in [3.8, 4) is 0 Å². The van der Waals surface area contributed by atoms with Crippen molar-refractivity contribution in [2.75, 3.05) is 15.7 Å². The van der Waals surface area contributed by atoms with Crippen LogP contribution in [0.4, 0.5) is 11.4 Å². The van der Waals surface area contributed by atoms with E-state index in [9.17, 15) is 13.2 Å². The fourth-order valence-electron chi connectivity index (χ4n) is 4.10. The third-order valence-corrected chi connectivity index (χ3v) is 8.24. The summed E-state index contributed by atoms with van der Waals surface area (Å²) in [6.07, 6.45) is 0.663. The number of para-hydroxylation sites is 1. The zero-order valence-corrected chi connectivity index (χ0v) is 18.1. The predicted molar refractivity (Wildman–Crippen MR) is 114 cm³/mol. The summed E-state index contributed by atoms with van der Waals surface area (Å²) < 4.78 is 28.4. The number of nitrogens with zero attached hydrogens (tertiary/aromatic N) is 2. The van der Waals surface area contributed by atoms with Crippen molar-refractivity contribution in [1.82, 2.24) is 0 Å². The molecule has 2 aliphatic heterocycles. The topological polar surface area (TPSA) is 57.7 Å². The van der Waals surface area contributed by atoms with E-state index in [4.69, 9.17) is 0 Å². The van der Waals surface area contributed by atoms with Crippen molar-refractivity contribution in [2.24, 2.45) is 0 Å². The number of amides is 1. The maximum Gasteiger partial charge on any atom is 0.264 e. The fourth-order valence-corrected chi connectivity index (χ4v) is 7.15. The van der Waals surface area contributed by atoms with Gasteiger partial charge in [-0.05, 0) is 63.1 Å². The van der Waals surface area contributed by atoms with E-state index in [1.54, 1.807) is 41.8 Å². The number of sulfonamides is 1. The van der Waals surface area contributed by atoms with Gasteiger partial charge in [0.1, 0.15) is 0 Å². The normalized spacial score (nSPS) is 20.6. The zero-order chi connectivity index (χ0) is 20.3. The molecule has 0 fully saturated rings. The highest BCUT2D eigenvalue weighted by Gasteiger charge is 2.38. The van der Waals surface area contributed by atoms with Gasteiger partial charge in [-0.3, -0.25) is 9.10 Å². The van der Waals surface area contributed by atoms with Gasteiger partial charge in [-0.1, -0.05) is 12.1 Å². The number of fused-ring (bicyclic) bond motifs is 2. The molecule has 1 atom stereocenters. The molecule has 0 aliphatic carbocycles. The Bertz CT molecular complexity index is 1060. The van der Waals surface area contributed by atoms with Crippen molar-refractivity contribution < 1.29 is 13.2 Å². The summed E-state index contributed by atoms with van der Waals surface area (Å²) in [5, 5.41) is 0. The van der Waals surface area contributed by atoms with E-state index in [0.29, 0.717) is 13.0 Å². The Hall–Kier alpha value is -1.99. The Morgan fingerprint density at radius 3 is 2.57 bits per heavy atom. The summed E-state index contributed by atoms with van der Waals surface area (Å²) in [7, 11) is -3.71. The highest BCUT2D eigenvalue weighted by Crippen LogP contribution is 2.46. The average Bonchev–Trinajstić information content (AvgIpc) is 2.95. The largest absolute Gasteiger partial charge is 0.309 e. The summed E-state index contributed by atoms with van der Waals surface area (Å²) >= 11 is 1.70. The number of carbonyl (C=O) groups is 1. The molecule has 0 bridgehead atoms. The molecule has 1 amide bonds. The molecule has 0 N–H and O–H groups in total. The second-order valence-corrected chi connectivity index (χ2v) is 11.7. The molecule has 148 valence electrons. The second kappa shape index (κ2) is 6.52. The van der Waals surface area contributed by atoms with Crippen LogP contribution in [0.1, 0.15) is 33.3 Å². The molecule has 2 heterocycles. The number of anilines is 2. The molecule has 2 aliphatic rings. The number of carbonyl (C=O) groups excluding carboxylic acids is 1. The van der Waals surface area contributed by atoms with Gasteiger partial charge in [0.15, 0.2) is 0 Å². The maximum atomic E-state index is 13.6. The van der Waals surface area contributed by atoms with Crippen LogP contribution in [0.15, 0.2) is 52.3 Å². The van der Waals surface area contributed by atoms with E-state index in [2.05, 4.69) is 13.8 Å². The lowest BCUT2D eigenvalue weighted by atomic mass is 10.1. The van der Waals surface area contributed by atoms with Crippen molar-refractivity contribution >= 4 is 39.1 Å². The van der Waals surface area contributed by atoms with Gasteiger partial charge in [-0.25, -0.2) is 8.42 Å². The first-order valence-corrected chi connectivity index (χ1v) is 11.6. The summed E-state index contributed by atoms with van der Waals surface area (Å²) in [5.41, 5.74) is 2.45. The molecular formula is C21H24N2O3S2. The monoisotopic (exact) mass is 416 g/mol. The van der Waals surface area contributed by atoms with Crippen LogP contribution in [-0.2, 0) is 21.2 Å². The Kier molecular flexibility index (Phi) is 4.50. The number of hydrogen-bond donors (Lipinski definition) is 0. The van der Waals surface area contributed by atoms with Crippen LogP contribution in [0.2, 0.25) is 0 Å². The van der Waals surface area contributed by atoms with Crippen molar-refractivity contribution in [2.45, 2.75) is 54.7 Å². The lowest BCUT2D eigenvalue weighted by molar-refractivity contribution is -0.116. The van der Waals surface area contributed by atoms with Gasteiger partial charge < -0.3 is 4.90 Å². The minimum absolute atomic E-state index is 0.0226. The SMILES string of the molecule is CC(=O)N1c2ccc(S(=O)(=O)N3CC(C)(C)Sc4ccccc43)cc2CC1C. The Morgan fingerprint density at radius 1 is 1.14 bits per heavy atom. The molecule has 0 saturated heterocycles. The first-order valence-electron chi connectivity index (χ1n) is 9.34. The molecule has 7 heteroatoms. The van der Waals surface area contributed by atoms with Crippen LogP contribution in [0.25, 0.3) is 0 Å². The molecule has 5 nitrogen and oxygen atoms in total. The molecule has 4 rings (SSSR count). The highest BCUT2D eigenvalue weighted by molar-refractivity contribution is 8.01. The predicted octanol–water partition coefficient (Wildman–Crippen LogP) is 4.06. The first kappa shape index (κ1) is 19.3. The van der Waals surface area contributed by atoms with Gasteiger partial charge in [0.05, 0.1) is 10.6 Å². The van der Waals surface area contributed by atoms with Gasteiger partial charge in [0.25, 0.3) is 10.0 Å². The zero-order valence-electron chi connectivity index (χ0n) is 16.5. The van der Waals surface area contributed by atoms with Gasteiger partial charge in [0.2, 0.25) is 5.91 Å². The van der Waals surface area contributed by atoms with Crippen LogP contribution in [0.3, 0.4) is 0 Å². The molecule has 0 aromatic heterocycles. The number of benzene rings is 2. The second-order valence-electron chi connectivity index (χ2n) is 8.07. The van der Waals surface area contributed by atoms with Gasteiger partial charge in [-0.2, -0.15) is 0 Å². The summed E-state index contributed by atoms with van der Waals surface area (Å²) in [5.74, 6) is -0.0226. The standard InChI is InChI=1S/C21H24N2O3S2/c1-14-11-16-12-17(9-10-18(16)23(14)15(2)24)28(25,26)22-13-21(3,4)27-20-8-6-5-7-19(20)22/h5-10,12,14H,11,13H2,1-4H3. The van der Waals surface area contributed by atoms with E-state index in [1.165, 1.54) is 4.31 Å². The van der Waals surface area contributed by atoms with Gasteiger partial charge in [-0.15, -0.1) is 11.8 Å². The summed E-state index contributed by atoms with van der Waals surface area (Å²) in [6.45, 7) is 8.05.